The maximum absolute atomic E-state index is 13.1. The van der Waals surface area contributed by atoms with Gasteiger partial charge in [-0.2, -0.15) is 4.98 Å². The number of aromatic nitrogens is 2. The Morgan fingerprint density at radius 1 is 1.16 bits per heavy atom. The van der Waals surface area contributed by atoms with Gasteiger partial charge in [0.25, 0.3) is 0 Å². The highest BCUT2D eigenvalue weighted by molar-refractivity contribution is 6.31. The topological polar surface area (TPSA) is 68.0 Å². The van der Waals surface area contributed by atoms with Gasteiger partial charge >= 0.3 is 0 Å². The summed E-state index contributed by atoms with van der Waals surface area (Å²) in [5.41, 5.74) is 1.19. The van der Waals surface area contributed by atoms with Gasteiger partial charge in [-0.05, 0) is 42.5 Å². The molecule has 128 valence electrons. The van der Waals surface area contributed by atoms with Gasteiger partial charge in [0.05, 0.1) is 5.02 Å². The van der Waals surface area contributed by atoms with E-state index in [1.807, 2.05) is 0 Å². The Labute approximate surface area is 152 Å². The predicted octanol–water partition coefficient (Wildman–Crippen LogP) is 4.75. The molecule has 3 aromatic rings. The monoisotopic (exact) mass is 379 g/mol. The number of hydrogen-bond acceptors (Lipinski definition) is 4. The van der Waals surface area contributed by atoms with Crippen LogP contribution < -0.4 is 5.32 Å². The smallest absolute Gasteiger partial charge is 0.227 e. The van der Waals surface area contributed by atoms with Gasteiger partial charge in [0.2, 0.25) is 17.6 Å². The summed E-state index contributed by atoms with van der Waals surface area (Å²) in [7, 11) is 0. The Kier molecular flexibility index (Phi) is 5.31. The van der Waals surface area contributed by atoms with Crippen molar-refractivity contribution >= 4 is 34.8 Å². The molecule has 0 saturated carbocycles. The molecular weight excluding hydrogens is 368 g/mol. The maximum Gasteiger partial charge on any atom is 0.227 e. The Bertz CT molecular complexity index is 897. The zero-order valence-corrected chi connectivity index (χ0v) is 14.3. The summed E-state index contributed by atoms with van der Waals surface area (Å²) in [6, 6.07) is 11.0. The maximum atomic E-state index is 13.1. The first-order chi connectivity index (χ1) is 12.0. The van der Waals surface area contributed by atoms with Gasteiger partial charge in [0.1, 0.15) is 5.82 Å². The second kappa shape index (κ2) is 7.63. The molecule has 8 heteroatoms. The summed E-state index contributed by atoms with van der Waals surface area (Å²) in [5, 5.41) is 7.07. The summed E-state index contributed by atoms with van der Waals surface area (Å²) in [4.78, 5) is 16.2. The van der Waals surface area contributed by atoms with Gasteiger partial charge in [0, 0.05) is 29.1 Å². The predicted molar refractivity (Wildman–Crippen MR) is 93.1 cm³/mol. The van der Waals surface area contributed by atoms with Crippen molar-refractivity contribution in [2.24, 2.45) is 0 Å². The lowest BCUT2D eigenvalue weighted by atomic mass is 10.2. The summed E-state index contributed by atoms with van der Waals surface area (Å²) in [6.07, 6.45) is 0.415. The first-order valence-corrected chi connectivity index (χ1v) is 8.10. The summed E-state index contributed by atoms with van der Waals surface area (Å²) in [6.45, 7) is 0. The zero-order chi connectivity index (χ0) is 17.8. The fourth-order valence-electron chi connectivity index (χ4n) is 2.09. The van der Waals surface area contributed by atoms with Crippen LogP contribution >= 0.6 is 23.2 Å². The van der Waals surface area contributed by atoms with E-state index in [1.54, 1.807) is 24.3 Å². The fourth-order valence-corrected chi connectivity index (χ4v) is 2.40. The number of carbonyl (C=O) groups is 1. The van der Waals surface area contributed by atoms with Crippen molar-refractivity contribution < 1.29 is 13.7 Å². The van der Waals surface area contributed by atoms with Crippen molar-refractivity contribution in [3.63, 3.8) is 0 Å². The van der Waals surface area contributed by atoms with Crippen LogP contribution in [0.2, 0.25) is 10.0 Å². The third-order valence-corrected chi connectivity index (χ3v) is 3.88. The quantitative estimate of drug-likeness (QED) is 0.694. The van der Waals surface area contributed by atoms with Crippen LogP contribution in [0, 0.1) is 5.82 Å². The number of carbonyl (C=O) groups excluding carboxylic acids is 1. The Morgan fingerprint density at radius 2 is 1.92 bits per heavy atom. The van der Waals surface area contributed by atoms with Crippen molar-refractivity contribution in [1.82, 2.24) is 10.1 Å². The van der Waals surface area contributed by atoms with Crippen molar-refractivity contribution in [2.75, 3.05) is 5.32 Å². The number of hydrogen-bond donors (Lipinski definition) is 1. The third-order valence-electron chi connectivity index (χ3n) is 3.34. The normalized spacial score (nSPS) is 10.7. The summed E-state index contributed by atoms with van der Waals surface area (Å²) >= 11 is 11.5. The molecule has 2 aromatic carbocycles. The first-order valence-electron chi connectivity index (χ1n) is 7.35. The zero-order valence-electron chi connectivity index (χ0n) is 12.8. The molecule has 0 atom stereocenters. The minimum absolute atomic E-state index is 0.0534. The van der Waals surface area contributed by atoms with Gasteiger partial charge in [-0.15, -0.1) is 0 Å². The number of nitrogens with one attached hydrogen (secondary N) is 1. The van der Waals surface area contributed by atoms with Crippen LogP contribution in [0.5, 0.6) is 0 Å². The van der Waals surface area contributed by atoms with Gasteiger partial charge in [-0.3, -0.25) is 4.79 Å². The van der Waals surface area contributed by atoms with E-state index in [0.717, 1.165) is 5.56 Å². The number of rotatable bonds is 5. The van der Waals surface area contributed by atoms with Crippen LogP contribution in [0.15, 0.2) is 47.0 Å². The van der Waals surface area contributed by atoms with Crippen LogP contribution in [-0.4, -0.2) is 16.0 Å². The SMILES string of the molecule is O=C(CCc1nc(-c2ccc(Cl)cc2)no1)Nc1ccc(F)c(Cl)c1. The molecule has 0 aliphatic heterocycles. The molecular formula is C17H12Cl2FN3O2. The van der Waals surface area contributed by atoms with Crippen molar-refractivity contribution in [1.29, 1.82) is 0 Å². The highest BCUT2D eigenvalue weighted by Crippen LogP contribution is 2.20. The first kappa shape index (κ1) is 17.4. The number of anilines is 1. The minimum Gasteiger partial charge on any atom is -0.339 e. The number of amides is 1. The van der Waals surface area contributed by atoms with Crippen LogP contribution in [-0.2, 0) is 11.2 Å². The molecule has 0 fully saturated rings. The van der Waals surface area contributed by atoms with E-state index in [0.29, 0.717) is 22.4 Å². The van der Waals surface area contributed by atoms with Gasteiger partial charge in [0.15, 0.2) is 0 Å². The average molecular weight is 380 g/mol. The van der Waals surface area contributed by atoms with E-state index in [9.17, 15) is 9.18 Å². The number of benzene rings is 2. The molecule has 5 nitrogen and oxygen atoms in total. The van der Waals surface area contributed by atoms with Crippen LogP contribution in [0.1, 0.15) is 12.3 Å². The number of nitrogens with zero attached hydrogens (tertiary/aromatic N) is 2. The Morgan fingerprint density at radius 3 is 2.64 bits per heavy atom. The Hall–Kier alpha value is -2.44. The van der Waals surface area contributed by atoms with Gasteiger partial charge in [-0.25, -0.2) is 4.39 Å². The molecule has 25 heavy (non-hydrogen) atoms. The summed E-state index contributed by atoms with van der Waals surface area (Å²) < 4.78 is 18.2. The molecule has 0 radical (unpaired) electrons. The second-order valence-corrected chi connectivity index (χ2v) is 6.04. The molecule has 0 bridgehead atoms. The molecule has 1 N–H and O–H groups in total. The molecule has 0 aliphatic carbocycles. The van der Waals surface area contributed by atoms with Gasteiger partial charge in [-0.1, -0.05) is 28.4 Å². The Balaban J connectivity index is 1.57. The number of aryl methyl sites for hydroxylation is 1. The highest BCUT2D eigenvalue weighted by Gasteiger charge is 2.11. The molecule has 0 unspecified atom stereocenters. The van der Waals surface area contributed by atoms with E-state index >= 15 is 0 Å². The van der Waals surface area contributed by atoms with Crippen molar-refractivity contribution in [3.05, 3.63) is 64.2 Å². The lowest BCUT2D eigenvalue weighted by Gasteiger charge is -2.04. The molecule has 1 amide bonds. The molecule has 1 heterocycles. The fraction of sp³-hybridized carbons (Fsp3) is 0.118. The van der Waals surface area contributed by atoms with Gasteiger partial charge < -0.3 is 9.84 Å². The lowest BCUT2D eigenvalue weighted by molar-refractivity contribution is -0.116. The van der Waals surface area contributed by atoms with E-state index in [1.165, 1.54) is 18.2 Å². The van der Waals surface area contributed by atoms with E-state index in [-0.39, 0.29) is 23.8 Å². The second-order valence-electron chi connectivity index (χ2n) is 5.20. The molecule has 1 aromatic heterocycles. The highest BCUT2D eigenvalue weighted by atomic mass is 35.5. The molecule has 3 rings (SSSR count). The molecule has 0 spiro atoms. The minimum atomic E-state index is -0.541. The van der Waals surface area contributed by atoms with Crippen molar-refractivity contribution in [3.8, 4) is 11.4 Å². The number of halogens is 3. The lowest BCUT2D eigenvalue weighted by Crippen LogP contribution is -2.12. The van der Waals surface area contributed by atoms with Crippen LogP contribution in [0.25, 0.3) is 11.4 Å². The molecule has 0 aliphatic rings. The van der Waals surface area contributed by atoms with Crippen LogP contribution in [0.4, 0.5) is 10.1 Å². The largest absolute Gasteiger partial charge is 0.339 e. The average Bonchev–Trinajstić information content (AvgIpc) is 3.06. The van der Waals surface area contributed by atoms with E-state index < -0.39 is 5.82 Å². The molecule has 0 saturated heterocycles. The van der Waals surface area contributed by atoms with Crippen molar-refractivity contribution in [2.45, 2.75) is 12.8 Å². The van der Waals surface area contributed by atoms with E-state index in [2.05, 4.69) is 15.5 Å². The summed E-state index contributed by atoms with van der Waals surface area (Å²) in [5.74, 6) is -0.0381. The standard InChI is InChI=1S/C17H12Cl2FN3O2/c18-11-3-1-10(2-4-11)17-22-16(25-23-17)8-7-15(24)21-12-5-6-14(20)13(19)9-12/h1-6,9H,7-8H2,(H,21,24). The third kappa shape index (κ3) is 4.55. The van der Waals surface area contributed by atoms with Crippen LogP contribution in [0.3, 0.4) is 0 Å². The van der Waals surface area contributed by atoms with E-state index in [4.69, 9.17) is 27.7 Å².